The van der Waals surface area contributed by atoms with Crippen molar-refractivity contribution in [1.82, 2.24) is 15.4 Å². The molecule has 1 aromatic rings. The van der Waals surface area contributed by atoms with E-state index in [9.17, 15) is 0 Å². The topological polar surface area (TPSA) is 41.6 Å². The van der Waals surface area contributed by atoms with Crippen LogP contribution in [0.5, 0.6) is 0 Å². The lowest BCUT2D eigenvalue weighted by atomic mass is 10.3. The van der Waals surface area contributed by atoms with Crippen LogP contribution in [0, 0.1) is 6.42 Å². The van der Waals surface area contributed by atoms with Gasteiger partial charge in [-0.2, -0.15) is 0 Å². The van der Waals surface area contributed by atoms with Gasteiger partial charge in [0.25, 0.3) is 0 Å². The van der Waals surface area contributed by atoms with Crippen molar-refractivity contribution >= 4 is 0 Å². The molecule has 0 fully saturated rings. The average molecular weight is 110 g/mol. The van der Waals surface area contributed by atoms with Gasteiger partial charge >= 0.3 is 0 Å². The number of nitrogens with zero attached hydrogens (tertiary/aromatic N) is 2. The van der Waals surface area contributed by atoms with Gasteiger partial charge in [-0.15, -0.1) is 5.10 Å². The van der Waals surface area contributed by atoms with Gasteiger partial charge in [-0.25, -0.2) is 0 Å². The van der Waals surface area contributed by atoms with Gasteiger partial charge in [0.05, 0.1) is 5.69 Å². The predicted octanol–water partition coefficient (Wildman–Crippen LogP) is 0.571. The molecule has 1 rings (SSSR count). The molecule has 0 unspecified atom stereocenters. The first-order valence-corrected chi connectivity index (χ1v) is 2.56. The molecule has 1 N–H and O–H groups in total. The predicted molar refractivity (Wildman–Crippen MR) is 30.1 cm³/mol. The smallest absolute Gasteiger partial charge is 0.0827 e. The molecule has 0 aliphatic rings. The van der Waals surface area contributed by atoms with Gasteiger partial charge in [0, 0.05) is 6.20 Å². The van der Waals surface area contributed by atoms with Crippen molar-refractivity contribution in [2.45, 2.75) is 13.3 Å². The van der Waals surface area contributed by atoms with E-state index in [0.717, 1.165) is 12.1 Å². The minimum absolute atomic E-state index is 0.899. The molecule has 0 amide bonds. The van der Waals surface area contributed by atoms with Crippen molar-refractivity contribution in [2.24, 2.45) is 0 Å². The van der Waals surface area contributed by atoms with Crippen molar-refractivity contribution in [3.8, 4) is 0 Å². The summed E-state index contributed by atoms with van der Waals surface area (Å²) >= 11 is 0. The van der Waals surface area contributed by atoms with E-state index < -0.39 is 0 Å². The number of H-pyrrole nitrogens is 1. The van der Waals surface area contributed by atoms with Crippen LogP contribution in [0.4, 0.5) is 0 Å². The molecule has 43 valence electrons. The highest BCUT2D eigenvalue weighted by Gasteiger charge is 1.89. The van der Waals surface area contributed by atoms with Crippen LogP contribution in [-0.4, -0.2) is 15.4 Å². The minimum Gasteiger partial charge on any atom is -0.265 e. The zero-order valence-electron chi connectivity index (χ0n) is 4.76. The molecule has 1 radical (unpaired) electrons. The van der Waals surface area contributed by atoms with E-state index in [-0.39, 0.29) is 0 Å². The lowest BCUT2D eigenvalue weighted by Gasteiger charge is -1.82. The van der Waals surface area contributed by atoms with Crippen LogP contribution in [0.2, 0.25) is 0 Å². The van der Waals surface area contributed by atoms with Crippen LogP contribution in [0.3, 0.4) is 0 Å². The monoisotopic (exact) mass is 110 g/mol. The maximum absolute atomic E-state index is 3.77. The van der Waals surface area contributed by atoms with Gasteiger partial charge in [0.15, 0.2) is 0 Å². The molecule has 0 bridgehead atoms. The third-order valence-electron chi connectivity index (χ3n) is 0.881. The third-order valence-corrected chi connectivity index (χ3v) is 0.881. The molecule has 8 heavy (non-hydrogen) atoms. The molecule has 1 heterocycles. The Labute approximate surface area is 48.1 Å². The molecule has 0 atom stereocenters. The Morgan fingerprint density at radius 1 is 1.88 bits per heavy atom. The van der Waals surface area contributed by atoms with Crippen molar-refractivity contribution in [2.75, 3.05) is 0 Å². The maximum atomic E-state index is 3.77. The zero-order valence-corrected chi connectivity index (χ0v) is 4.76. The summed E-state index contributed by atoms with van der Waals surface area (Å²) in [5, 5.41) is 9.95. The first-order valence-electron chi connectivity index (χ1n) is 2.56. The van der Waals surface area contributed by atoms with E-state index in [2.05, 4.69) is 15.4 Å². The van der Waals surface area contributed by atoms with Crippen LogP contribution in [0.1, 0.15) is 12.6 Å². The number of nitrogens with one attached hydrogen (secondary N) is 1. The summed E-state index contributed by atoms with van der Waals surface area (Å²) in [5.41, 5.74) is 0.993. The van der Waals surface area contributed by atoms with E-state index in [1.807, 2.05) is 13.3 Å². The van der Waals surface area contributed by atoms with Gasteiger partial charge in [-0.05, 0) is 12.8 Å². The van der Waals surface area contributed by atoms with E-state index in [4.69, 9.17) is 0 Å². The normalized spacial score (nSPS) is 9.62. The fraction of sp³-hybridized carbons (Fsp3) is 0.400. The Morgan fingerprint density at radius 2 is 2.75 bits per heavy atom. The van der Waals surface area contributed by atoms with Crippen LogP contribution >= 0.6 is 0 Å². The standard InChI is InChI=1S/C5H8N3/c1-2-3-5-4-6-8-7-5/h2,4H,3H2,1H3,(H,6,7,8). The van der Waals surface area contributed by atoms with E-state index in [1.165, 1.54) is 0 Å². The summed E-state index contributed by atoms with van der Waals surface area (Å²) < 4.78 is 0. The number of hydrogen-bond acceptors (Lipinski definition) is 2. The second-order valence-electron chi connectivity index (χ2n) is 1.58. The minimum atomic E-state index is 0.899. The van der Waals surface area contributed by atoms with Crippen LogP contribution in [0.25, 0.3) is 0 Å². The number of hydrogen-bond donors (Lipinski definition) is 1. The van der Waals surface area contributed by atoms with Gasteiger partial charge in [0.1, 0.15) is 0 Å². The summed E-state index contributed by atoms with van der Waals surface area (Å²) in [5.74, 6) is 0. The number of rotatable bonds is 2. The van der Waals surface area contributed by atoms with Crippen LogP contribution in [-0.2, 0) is 6.42 Å². The molecule has 3 nitrogen and oxygen atoms in total. The van der Waals surface area contributed by atoms with Crippen LogP contribution < -0.4 is 0 Å². The van der Waals surface area contributed by atoms with E-state index >= 15 is 0 Å². The number of aromatic amines is 1. The zero-order chi connectivity index (χ0) is 5.82. The Balaban J connectivity index is 2.50. The van der Waals surface area contributed by atoms with Gasteiger partial charge < -0.3 is 0 Å². The highest BCUT2D eigenvalue weighted by atomic mass is 15.3. The average Bonchev–Trinajstić information content (AvgIpc) is 2.19. The van der Waals surface area contributed by atoms with Crippen molar-refractivity contribution in [3.05, 3.63) is 18.3 Å². The molecule has 3 heteroatoms. The van der Waals surface area contributed by atoms with Crippen molar-refractivity contribution in [3.63, 3.8) is 0 Å². The Hall–Kier alpha value is -0.860. The highest BCUT2D eigenvalue weighted by molar-refractivity contribution is 4.93. The second-order valence-corrected chi connectivity index (χ2v) is 1.58. The van der Waals surface area contributed by atoms with E-state index in [1.54, 1.807) is 6.20 Å². The summed E-state index contributed by atoms with van der Waals surface area (Å²) in [6, 6.07) is 0. The fourth-order valence-corrected chi connectivity index (χ4v) is 0.534. The maximum Gasteiger partial charge on any atom is 0.0827 e. The largest absolute Gasteiger partial charge is 0.265 e. The fourth-order valence-electron chi connectivity index (χ4n) is 0.534. The summed E-state index contributed by atoms with van der Waals surface area (Å²) in [6.45, 7) is 1.99. The van der Waals surface area contributed by atoms with Gasteiger partial charge in [-0.3, -0.25) is 5.10 Å². The lowest BCUT2D eigenvalue weighted by Crippen LogP contribution is -1.81. The molecule has 0 aliphatic carbocycles. The molecule has 0 saturated heterocycles. The molecule has 0 aliphatic heterocycles. The summed E-state index contributed by atoms with van der Waals surface area (Å²) in [4.78, 5) is 0. The van der Waals surface area contributed by atoms with Gasteiger partial charge in [-0.1, -0.05) is 12.1 Å². The van der Waals surface area contributed by atoms with Crippen molar-refractivity contribution in [1.29, 1.82) is 0 Å². The SMILES string of the molecule is C[CH]Cc1c[nH]nn1. The Morgan fingerprint density at radius 3 is 3.25 bits per heavy atom. The molecular weight excluding hydrogens is 102 g/mol. The number of aromatic nitrogens is 3. The lowest BCUT2D eigenvalue weighted by molar-refractivity contribution is 0.911. The highest BCUT2D eigenvalue weighted by Crippen LogP contribution is 1.91. The molecular formula is C5H8N3. The Kier molecular flexibility index (Phi) is 1.62. The first kappa shape index (κ1) is 5.28. The third kappa shape index (κ3) is 1.05. The van der Waals surface area contributed by atoms with Crippen molar-refractivity contribution < 1.29 is 0 Å². The molecule has 0 saturated carbocycles. The second kappa shape index (κ2) is 2.45. The quantitative estimate of drug-likeness (QED) is 0.604. The summed E-state index contributed by atoms with van der Waals surface area (Å²) in [6.07, 6.45) is 4.73. The molecule has 0 aromatic carbocycles. The van der Waals surface area contributed by atoms with Crippen LogP contribution in [0.15, 0.2) is 6.20 Å². The first-order chi connectivity index (χ1) is 3.93. The Bertz CT molecular complexity index is 133. The summed E-state index contributed by atoms with van der Waals surface area (Å²) in [7, 11) is 0. The van der Waals surface area contributed by atoms with Gasteiger partial charge in [0.2, 0.25) is 0 Å². The molecule has 0 spiro atoms. The molecule has 1 aromatic heterocycles. The van der Waals surface area contributed by atoms with E-state index in [0.29, 0.717) is 0 Å².